The molecular formula is C14H13Cl2NO3. The molecule has 0 fully saturated rings. The second-order valence-electron chi connectivity index (χ2n) is 4.16. The van der Waals surface area contributed by atoms with E-state index in [4.69, 9.17) is 27.9 Å². The number of nitrogens with zero attached hydrogens (tertiary/aromatic N) is 1. The molecule has 1 heterocycles. The summed E-state index contributed by atoms with van der Waals surface area (Å²) < 4.78 is 6.64. The monoisotopic (exact) mass is 313 g/mol. The van der Waals surface area contributed by atoms with Gasteiger partial charge in [-0.05, 0) is 26.0 Å². The number of benzene rings is 1. The molecule has 0 aliphatic rings. The smallest absolute Gasteiger partial charge is 0.343 e. The zero-order valence-electron chi connectivity index (χ0n) is 11.1. The van der Waals surface area contributed by atoms with Crippen molar-refractivity contribution in [2.24, 2.45) is 0 Å². The van der Waals surface area contributed by atoms with Crippen LogP contribution < -0.4 is 5.43 Å². The number of ether oxygens (including phenoxy) is 1. The molecule has 2 rings (SSSR count). The molecule has 0 saturated carbocycles. The number of fused-ring (bicyclic) bond motifs is 1. The van der Waals surface area contributed by atoms with E-state index in [1.165, 1.54) is 12.3 Å². The summed E-state index contributed by atoms with van der Waals surface area (Å²) in [5.74, 6) is -0.641. The van der Waals surface area contributed by atoms with Gasteiger partial charge in [0, 0.05) is 23.2 Å². The molecule has 0 radical (unpaired) electrons. The molecule has 0 spiro atoms. The number of halogens is 2. The van der Waals surface area contributed by atoms with Gasteiger partial charge in [-0.1, -0.05) is 23.2 Å². The number of pyridine rings is 1. The number of rotatable bonds is 3. The maximum absolute atomic E-state index is 12.4. The van der Waals surface area contributed by atoms with Crippen molar-refractivity contribution in [1.29, 1.82) is 0 Å². The Hall–Kier alpha value is -1.52. The Morgan fingerprint density at radius 3 is 2.60 bits per heavy atom. The predicted molar refractivity (Wildman–Crippen MR) is 79.9 cm³/mol. The first-order valence-electron chi connectivity index (χ1n) is 6.18. The van der Waals surface area contributed by atoms with Crippen molar-refractivity contribution < 1.29 is 9.53 Å². The molecule has 4 nitrogen and oxygen atoms in total. The van der Waals surface area contributed by atoms with Crippen LogP contribution in [0.25, 0.3) is 10.9 Å². The fourth-order valence-corrected chi connectivity index (χ4v) is 2.66. The predicted octanol–water partition coefficient (Wildman–Crippen LogP) is 3.50. The highest BCUT2D eigenvalue weighted by molar-refractivity contribution is 6.38. The molecule has 1 aromatic carbocycles. The van der Waals surface area contributed by atoms with E-state index in [1.54, 1.807) is 17.6 Å². The molecule has 0 aliphatic carbocycles. The molecular weight excluding hydrogens is 301 g/mol. The second kappa shape index (κ2) is 5.85. The van der Waals surface area contributed by atoms with Gasteiger partial charge < -0.3 is 9.30 Å². The van der Waals surface area contributed by atoms with Crippen molar-refractivity contribution >= 4 is 40.1 Å². The molecule has 0 bridgehead atoms. The highest BCUT2D eigenvalue weighted by Crippen LogP contribution is 2.26. The molecule has 20 heavy (non-hydrogen) atoms. The number of esters is 1. The maximum atomic E-state index is 12.4. The minimum absolute atomic E-state index is 0.0143. The lowest BCUT2D eigenvalue weighted by Gasteiger charge is -2.12. The summed E-state index contributed by atoms with van der Waals surface area (Å²) in [4.78, 5) is 24.2. The Bertz CT molecular complexity index is 737. The lowest BCUT2D eigenvalue weighted by atomic mass is 10.1. The average molecular weight is 314 g/mol. The van der Waals surface area contributed by atoms with E-state index in [-0.39, 0.29) is 12.2 Å². The van der Waals surface area contributed by atoms with E-state index >= 15 is 0 Å². The van der Waals surface area contributed by atoms with Gasteiger partial charge in [0.15, 0.2) is 0 Å². The van der Waals surface area contributed by atoms with Gasteiger partial charge in [-0.3, -0.25) is 4.79 Å². The molecule has 0 unspecified atom stereocenters. The molecule has 0 aliphatic heterocycles. The Morgan fingerprint density at radius 2 is 2.00 bits per heavy atom. The maximum Gasteiger partial charge on any atom is 0.343 e. The zero-order valence-corrected chi connectivity index (χ0v) is 12.6. The lowest BCUT2D eigenvalue weighted by molar-refractivity contribution is 0.0524. The van der Waals surface area contributed by atoms with Crippen molar-refractivity contribution in [3.8, 4) is 0 Å². The largest absolute Gasteiger partial charge is 0.462 e. The standard InChI is InChI=1S/C14H13Cl2NO3/c1-3-17-7-10(14(19)20-4-2)13(18)9-5-8(15)6-11(16)12(9)17/h5-7H,3-4H2,1-2H3. The third-order valence-corrected chi connectivity index (χ3v) is 3.43. The van der Waals surface area contributed by atoms with Crippen LogP contribution in [-0.2, 0) is 11.3 Å². The van der Waals surface area contributed by atoms with E-state index in [1.807, 2.05) is 6.92 Å². The van der Waals surface area contributed by atoms with E-state index in [0.29, 0.717) is 27.5 Å². The van der Waals surface area contributed by atoms with Crippen LogP contribution in [0.5, 0.6) is 0 Å². The number of aryl methyl sites for hydroxylation is 1. The van der Waals surface area contributed by atoms with Crippen molar-refractivity contribution in [2.45, 2.75) is 20.4 Å². The molecule has 0 N–H and O–H groups in total. The Labute approximate surface area is 125 Å². The van der Waals surface area contributed by atoms with Gasteiger partial charge in [0.05, 0.1) is 17.1 Å². The van der Waals surface area contributed by atoms with Crippen LogP contribution in [0.2, 0.25) is 10.0 Å². The van der Waals surface area contributed by atoms with Crippen molar-refractivity contribution in [1.82, 2.24) is 4.57 Å². The Balaban J connectivity index is 2.85. The van der Waals surface area contributed by atoms with Gasteiger partial charge in [0.25, 0.3) is 0 Å². The molecule has 0 amide bonds. The van der Waals surface area contributed by atoms with Crippen LogP contribution in [0.4, 0.5) is 0 Å². The summed E-state index contributed by atoms with van der Waals surface area (Å²) in [5, 5.41) is 1.04. The highest BCUT2D eigenvalue weighted by Gasteiger charge is 2.18. The van der Waals surface area contributed by atoms with E-state index in [9.17, 15) is 9.59 Å². The van der Waals surface area contributed by atoms with Crippen LogP contribution in [-0.4, -0.2) is 17.1 Å². The van der Waals surface area contributed by atoms with Gasteiger partial charge in [-0.25, -0.2) is 4.79 Å². The SMILES string of the molecule is CCOC(=O)c1cn(CC)c2c(Cl)cc(Cl)cc2c1=O. The third kappa shape index (κ3) is 2.53. The first-order valence-corrected chi connectivity index (χ1v) is 6.94. The number of hydrogen-bond acceptors (Lipinski definition) is 3. The number of carbonyl (C=O) groups is 1. The molecule has 1 aromatic heterocycles. The van der Waals surface area contributed by atoms with Crippen LogP contribution in [0.3, 0.4) is 0 Å². The van der Waals surface area contributed by atoms with Crippen molar-refractivity contribution in [3.63, 3.8) is 0 Å². The van der Waals surface area contributed by atoms with Crippen molar-refractivity contribution in [2.75, 3.05) is 6.61 Å². The molecule has 2 aromatic rings. The summed E-state index contributed by atoms with van der Waals surface area (Å²) in [6.45, 7) is 4.35. The average Bonchev–Trinajstić information content (AvgIpc) is 2.39. The van der Waals surface area contributed by atoms with Crippen LogP contribution in [0.1, 0.15) is 24.2 Å². The fraction of sp³-hybridized carbons (Fsp3) is 0.286. The molecule has 6 heteroatoms. The summed E-state index contributed by atoms with van der Waals surface area (Å²) in [6.07, 6.45) is 1.47. The van der Waals surface area contributed by atoms with Gasteiger partial charge in [0.1, 0.15) is 5.56 Å². The van der Waals surface area contributed by atoms with E-state index < -0.39 is 11.4 Å². The minimum Gasteiger partial charge on any atom is -0.462 e. The normalized spacial score (nSPS) is 10.8. The zero-order chi connectivity index (χ0) is 14.9. The van der Waals surface area contributed by atoms with Gasteiger partial charge in [-0.15, -0.1) is 0 Å². The minimum atomic E-state index is -0.641. The summed E-state index contributed by atoms with van der Waals surface area (Å²) >= 11 is 12.1. The molecule has 106 valence electrons. The highest BCUT2D eigenvalue weighted by atomic mass is 35.5. The van der Waals surface area contributed by atoms with Gasteiger partial charge in [0.2, 0.25) is 5.43 Å². The van der Waals surface area contributed by atoms with Gasteiger partial charge in [-0.2, -0.15) is 0 Å². The summed E-state index contributed by atoms with van der Waals surface area (Å²) in [6, 6.07) is 3.08. The Kier molecular flexibility index (Phi) is 4.35. The number of carbonyl (C=O) groups excluding carboxylic acids is 1. The number of hydrogen-bond donors (Lipinski definition) is 0. The summed E-state index contributed by atoms with van der Waals surface area (Å²) in [7, 11) is 0. The summed E-state index contributed by atoms with van der Waals surface area (Å²) in [5.41, 5.74) is 0.128. The quantitative estimate of drug-likeness (QED) is 0.815. The number of aromatic nitrogens is 1. The van der Waals surface area contributed by atoms with E-state index in [0.717, 1.165) is 0 Å². The fourth-order valence-electron chi connectivity index (χ4n) is 2.06. The van der Waals surface area contributed by atoms with Crippen LogP contribution in [0.15, 0.2) is 23.1 Å². The first-order chi connectivity index (χ1) is 9.49. The Morgan fingerprint density at radius 1 is 1.30 bits per heavy atom. The molecule has 0 saturated heterocycles. The lowest BCUT2D eigenvalue weighted by Crippen LogP contribution is -2.21. The van der Waals surface area contributed by atoms with E-state index in [2.05, 4.69) is 0 Å². The van der Waals surface area contributed by atoms with Crippen LogP contribution in [0, 0.1) is 0 Å². The first kappa shape index (κ1) is 14.9. The molecule has 0 atom stereocenters. The topological polar surface area (TPSA) is 48.3 Å². The van der Waals surface area contributed by atoms with Crippen LogP contribution >= 0.6 is 23.2 Å². The van der Waals surface area contributed by atoms with Crippen molar-refractivity contribution in [3.05, 3.63) is 44.2 Å². The van der Waals surface area contributed by atoms with Gasteiger partial charge >= 0.3 is 5.97 Å². The third-order valence-electron chi connectivity index (χ3n) is 2.93. The second-order valence-corrected chi connectivity index (χ2v) is 5.01.